The second kappa shape index (κ2) is 6.08. The lowest BCUT2D eigenvalue weighted by atomic mass is 10.0. The van der Waals surface area contributed by atoms with Crippen molar-refractivity contribution in [2.24, 2.45) is 0 Å². The summed E-state index contributed by atoms with van der Waals surface area (Å²) in [7, 11) is 0. The number of fused-ring (bicyclic) bond motifs is 6. The summed E-state index contributed by atoms with van der Waals surface area (Å²) in [6.07, 6.45) is 1.34. The van der Waals surface area contributed by atoms with Crippen LogP contribution in [-0.2, 0) is 9.47 Å². The molecule has 4 aromatic rings. The van der Waals surface area contributed by atoms with Crippen LogP contribution in [-0.4, -0.2) is 40.2 Å². The Morgan fingerprint density at radius 2 is 2.04 bits per heavy atom. The van der Waals surface area contributed by atoms with Gasteiger partial charge in [-0.15, -0.1) is 0 Å². The van der Waals surface area contributed by atoms with E-state index < -0.39 is 0 Å². The number of thioether (sulfide) groups is 1. The molecule has 2 aromatic carbocycles. The van der Waals surface area contributed by atoms with Gasteiger partial charge in [-0.2, -0.15) is 0 Å². The van der Waals surface area contributed by atoms with Gasteiger partial charge in [0.15, 0.2) is 11.4 Å². The monoisotopic (exact) mass is 371 g/mol. The maximum Gasteiger partial charge on any atom is 0.256 e. The third-order valence-corrected chi connectivity index (χ3v) is 5.37. The van der Waals surface area contributed by atoms with Crippen LogP contribution in [0.25, 0.3) is 32.6 Å². The first-order chi connectivity index (χ1) is 12.7. The van der Waals surface area contributed by atoms with E-state index >= 15 is 0 Å². The summed E-state index contributed by atoms with van der Waals surface area (Å²) < 4.78 is 24.7. The molecule has 8 heteroatoms. The van der Waals surface area contributed by atoms with Gasteiger partial charge in [0.1, 0.15) is 5.82 Å². The van der Waals surface area contributed by atoms with Crippen LogP contribution in [0.2, 0.25) is 0 Å². The topological polar surface area (TPSA) is 80.0 Å². The zero-order valence-electron chi connectivity index (χ0n) is 13.5. The van der Waals surface area contributed by atoms with E-state index in [-0.39, 0.29) is 17.7 Å². The predicted octanol–water partition coefficient (Wildman–Crippen LogP) is 3.16. The van der Waals surface area contributed by atoms with Gasteiger partial charge in [-0.05, 0) is 24.3 Å². The Bertz CT molecular complexity index is 1200. The zero-order chi connectivity index (χ0) is 17.7. The van der Waals surface area contributed by atoms with Crippen molar-refractivity contribution in [2.45, 2.75) is 11.4 Å². The highest BCUT2D eigenvalue weighted by molar-refractivity contribution is 7.99. The van der Waals surface area contributed by atoms with Crippen LogP contribution in [0.3, 0.4) is 0 Å². The molecule has 0 amide bonds. The van der Waals surface area contributed by atoms with Crippen LogP contribution < -0.4 is 5.56 Å². The van der Waals surface area contributed by atoms with Gasteiger partial charge in [0, 0.05) is 22.4 Å². The van der Waals surface area contributed by atoms with Gasteiger partial charge in [0.2, 0.25) is 0 Å². The number of benzene rings is 2. The molecule has 132 valence electrons. The minimum Gasteiger partial charge on any atom is -0.349 e. The third kappa shape index (κ3) is 2.49. The number of hydrogen-bond acceptors (Lipinski definition) is 5. The average Bonchev–Trinajstić information content (AvgIpc) is 3.29. The summed E-state index contributed by atoms with van der Waals surface area (Å²) in [4.78, 5) is 23.0. The molecular formula is C18H14FN3O3S. The standard InChI is InChI=1S/C18H14FN3O3S/c19-9-1-2-10-12(7-9)14-11(3-4-20-17(14)23)16-15(10)21-18(22-16)26-8-13-24-5-6-25-13/h1-4,7,13H,5-6,8H2,(H,20,23)(H,21,22). The molecule has 2 N–H and O–H groups in total. The first-order valence-electron chi connectivity index (χ1n) is 8.19. The van der Waals surface area contributed by atoms with Crippen molar-refractivity contribution < 1.29 is 13.9 Å². The second-order valence-electron chi connectivity index (χ2n) is 6.03. The van der Waals surface area contributed by atoms with Gasteiger partial charge in [-0.3, -0.25) is 4.79 Å². The highest BCUT2D eigenvalue weighted by Crippen LogP contribution is 2.34. The molecule has 5 rings (SSSR count). The Kier molecular flexibility index (Phi) is 3.70. The van der Waals surface area contributed by atoms with Gasteiger partial charge in [0.25, 0.3) is 5.56 Å². The summed E-state index contributed by atoms with van der Waals surface area (Å²) in [5, 5.41) is 3.17. The molecule has 0 unspecified atom stereocenters. The van der Waals surface area contributed by atoms with Gasteiger partial charge in [-0.25, -0.2) is 9.37 Å². The fourth-order valence-electron chi connectivity index (χ4n) is 3.34. The lowest BCUT2D eigenvalue weighted by Crippen LogP contribution is -2.10. The summed E-state index contributed by atoms with van der Waals surface area (Å²) in [5.74, 6) is 0.233. The minimum atomic E-state index is -0.383. The molecule has 26 heavy (non-hydrogen) atoms. The van der Waals surface area contributed by atoms with Gasteiger partial charge < -0.3 is 19.4 Å². The number of aromatic nitrogens is 3. The maximum atomic E-state index is 13.8. The Balaban J connectivity index is 1.73. The zero-order valence-corrected chi connectivity index (χ0v) is 14.4. The van der Waals surface area contributed by atoms with Crippen LogP contribution in [0, 0.1) is 5.82 Å². The summed E-state index contributed by atoms with van der Waals surface area (Å²) >= 11 is 1.49. The number of H-pyrrole nitrogens is 2. The molecule has 0 saturated carbocycles. The molecule has 0 spiro atoms. The molecule has 1 fully saturated rings. The van der Waals surface area contributed by atoms with Crippen molar-refractivity contribution >= 4 is 44.3 Å². The maximum absolute atomic E-state index is 13.8. The van der Waals surface area contributed by atoms with Crippen LogP contribution in [0.4, 0.5) is 4.39 Å². The Hall–Kier alpha value is -2.42. The molecule has 0 radical (unpaired) electrons. The van der Waals surface area contributed by atoms with Crippen molar-refractivity contribution in [3.05, 3.63) is 46.6 Å². The van der Waals surface area contributed by atoms with E-state index in [1.54, 1.807) is 18.3 Å². The van der Waals surface area contributed by atoms with Crippen molar-refractivity contribution in [2.75, 3.05) is 19.0 Å². The largest absolute Gasteiger partial charge is 0.349 e. The third-order valence-electron chi connectivity index (χ3n) is 4.47. The lowest BCUT2D eigenvalue weighted by molar-refractivity contribution is -0.0215. The van der Waals surface area contributed by atoms with Crippen LogP contribution in [0.1, 0.15) is 0 Å². The van der Waals surface area contributed by atoms with E-state index in [1.165, 1.54) is 23.9 Å². The Morgan fingerprint density at radius 1 is 1.19 bits per heavy atom. The normalized spacial score (nSPS) is 15.6. The quantitative estimate of drug-likeness (QED) is 0.427. The second-order valence-corrected chi connectivity index (χ2v) is 7.04. The highest BCUT2D eigenvalue weighted by atomic mass is 32.2. The number of imidazole rings is 1. The molecule has 0 atom stereocenters. The lowest BCUT2D eigenvalue weighted by Gasteiger charge is -2.05. The minimum absolute atomic E-state index is 0.237. The van der Waals surface area contributed by atoms with Crippen LogP contribution in [0.15, 0.2) is 40.4 Å². The van der Waals surface area contributed by atoms with E-state index in [9.17, 15) is 9.18 Å². The molecule has 3 heterocycles. The number of pyridine rings is 1. The highest BCUT2D eigenvalue weighted by Gasteiger charge is 2.19. The predicted molar refractivity (Wildman–Crippen MR) is 98.1 cm³/mol. The van der Waals surface area contributed by atoms with Gasteiger partial charge in [-0.1, -0.05) is 11.8 Å². The first-order valence-corrected chi connectivity index (χ1v) is 9.17. The number of ether oxygens (including phenoxy) is 2. The molecule has 1 saturated heterocycles. The van der Waals surface area contributed by atoms with E-state index in [4.69, 9.17) is 9.47 Å². The van der Waals surface area contributed by atoms with E-state index in [2.05, 4.69) is 15.0 Å². The molecule has 0 bridgehead atoms. The molecule has 0 aliphatic carbocycles. The van der Waals surface area contributed by atoms with E-state index in [0.717, 1.165) is 10.9 Å². The van der Waals surface area contributed by atoms with Crippen LogP contribution in [0.5, 0.6) is 0 Å². The Labute approximate surface area is 150 Å². The van der Waals surface area contributed by atoms with Crippen molar-refractivity contribution in [3.63, 3.8) is 0 Å². The molecule has 1 aliphatic heterocycles. The first kappa shape index (κ1) is 15.8. The fraction of sp³-hybridized carbons (Fsp3) is 0.222. The van der Waals surface area contributed by atoms with Gasteiger partial charge in [0.05, 0.1) is 35.4 Å². The van der Waals surface area contributed by atoms with Gasteiger partial charge >= 0.3 is 0 Å². The smallest absolute Gasteiger partial charge is 0.256 e. The molecule has 2 aromatic heterocycles. The number of hydrogen-bond donors (Lipinski definition) is 2. The number of rotatable bonds is 3. The number of aromatic amines is 2. The molecular weight excluding hydrogens is 357 g/mol. The van der Waals surface area contributed by atoms with Crippen molar-refractivity contribution in [1.29, 1.82) is 0 Å². The number of nitrogens with one attached hydrogen (secondary N) is 2. The summed E-state index contributed by atoms with van der Waals surface area (Å²) in [6.45, 7) is 1.21. The van der Waals surface area contributed by atoms with Crippen molar-refractivity contribution in [3.8, 4) is 0 Å². The fourth-order valence-corrected chi connectivity index (χ4v) is 4.16. The average molecular weight is 371 g/mol. The summed E-state index contributed by atoms with van der Waals surface area (Å²) in [5.41, 5.74) is 1.22. The Morgan fingerprint density at radius 3 is 2.88 bits per heavy atom. The number of halogens is 1. The van der Waals surface area contributed by atoms with Crippen molar-refractivity contribution in [1.82, 2.24) is 15.0 Å². The van der Waals surface area contributed by atoms with E-state index in [1.807, 2.05) is 0 Å². The molecule has 1 aliphatic rings. The SMILES string of the molecule is O=c1[nH]ccc2c3nc(SCC4OCCO4)[nH]c3c3ccc(F)cc3c12. The summed E-state index contributed by atoms with van der Waals surface area (Å²) in [6, 6.07) is 6.25. The molecule has 6 nitrogen and oxygen atoms in total. The van der Waals surface area contributed by atoms with Crippen LogP contribution >= 0.6 is 11.8 Å². The number of nitrogens with zero attached hydrogens (tertiary/aromatic N) is 1. The van der Waals surface area contributed by atoms with E-state index in [0.29, 0.717) is 45.8 Å².